The third-order valence-electron chi connectivity index (χ3n) is 1.47. The Morgan fingerprint density at radius 2 is 2.67 bits per heavy atom. The summed E-state index contributed by atoms with van der Waals surface area (Å²) >= 11 is 0. The molecule has 1 unspecified atom stereocenters. The summed E-state index contributed by atoms with van der Waals surface area (Å²) in [6.45, 7) is 1.38. The number of hydrogen-bond acceptors (Lipinski definition) is 3. The fourth-order valence-electron chi connectivity index (χ4n) is 0.894. The fourth-order valence-corrected chi connectivity index (χ4v) is 0.894. The van der Waals surface area contributed by atoms with E-state index in [0.29, 0.717) is 19.2 Å². The van der Waals surface area contributed by atoms with Crippen molar-refractivity contribution in [3.8, 4) is 0 Å². The van der Waals surface area contributed by atoms with Gasteiger partial charge in [-0.1, -0.05) is 0 Å². The fraction of sp³-hybridized carbons (Fsp3) is 0.833. The Morgan fingerprint density at radius 3 is 3.22 bits per heavy atom. The van der Waals surface area contributed by atoms with Crippen molar-refractivity contribution < 1.29 is 9.53 Å². The van der Waals surface area contributed by atoms with Gasteiger partial charge in [0, 0.05) is 19.1 Å². The van der Waals surface area contributed by atoms with E-state index < -0.39 is 0 Å². The lowest BCUT2D eigenvalue weighted by Gasteiger charge is -2.21. The van der Waals surface area contributed by atoms with Crippen LogP contribution >= 0.6 is 0 Å². The number of ether oxygens (including phenoxy) is 1. The Morgan fingerprint density at radius 1 is 1.78 bits per heavy atom. The minimum absolute atomic E-state index is 0.358. The maximum atomic E-state index is 9.99. The van der Waals surface area contributed by atoms with Gasteiger partial charge < -0.3 is 9.53 Å². The summed E-state index contributed by atoms with van der Waals surface area (Å²) < 4.78 is 5.02. The van der Waals surface area contributed by atoms with Gasteiger partial charge in [0.15, 0.2) is 0 Å². The smallest absolute Gasteiger partial charge is 0.121 e. The van der Waals surface area contributed by atoms with Crippen LogP contribution < -0.4 is 5.32 Å². The summed E-state index contributed by atoms with van der Waals surface area (Å²) in [6, 6.07) is 0.358. The summed E-state index contributed by atoms with van der Waals surface area (Å²) in [6.07, 6.45) is 2.52. The van der Waals surface area contributed by atoms with E-state index in [2.05, 4.69) is 5.32 Å². The first-order chi connectivity index (χ1) is 4.43. The number of carbonyl (C=O) groups is 1. The molecule has 1 heterocycles. The van der Waals surface area contributed by atoms with Crippen molar-refractivity contribution in [1.82, 2.24) is 5.32 Å². The Hall–Kier alpha value is -0.410. The van der Waals surface area contributed by atoms with Crippen LogP contribution in [-0.2, 0) is 9.53 Å². The molecule has 0 radical (unpaired) electrons. The molecule has 1 saturated heterocycles. The Labute approximate surface area is 54.4 Å². The average molecular weight is 129 g/mol. The van der Waals surface area contributed by atoms with Crippen molar-refractivity contribution in [1.29, 1.82) is 0 Å². The van der Waals surface area contributed by atoms with Crippen LogP contribution in [-0.4, -0.2) is 25.7 Å². The molecule has 0 aliphatic carbocycles. The molecule has 52 valence electrons. The van der Waals surface area contributed by atoms with Crippen molar-refractivity contribution in [2.75, 3.05) is 13.3 Å². The molecule has 1 aliphatic heterocycles. The van der Waals surface area contributed by atoms with Gasteiger partial charge in [-0.25, -0.2) is 0 Å². The molecule has 1 fully saturated rings. The number of carbonyl (C=O) groups excluding carboxylic acids is 1. The van der Waals surface area contributed by atoms with Gasteiger partial charge in [0.2, 0.25) is 0 Å². The number of hydrogen-bond donors (Lipinski definition) is 1. The number of rotatable bonds is 2. The molecule has 0 aromatic heterocycles. The molecule has 9 heavy (non-hydrogen) atoms. The lowest BCUT2D eigenvalue weighted by atomic mass is 10.1. The molecule has 0 saturated carbocycles. The second-order valence-electron chi connectivity index (χ2n) is 2.14. The first-order valence-electron chi connectivity index (χ1n) is 3.18. The van der Waals surface area contributed by atoms with E-state index in [4.69, 9.17) is 4.74 Å². The van der Waals surface area contributed by atoms with Gasteiger partial charge in [0.25, 0.3) is 0 Å². The molecule has 1 rings (SSSR count). The average Bonchev–Trinajstić information content (AvgIpc) is 1.91. The van der Waals surface area contributed by atoms with Crippen molar-refractivity contribution in [2.24, 2.45) is 0 Å². The summed E-state index contributed by atoms with van der Waals surface area (Å²) in [7, 11) is 0. The normalized spacial score (nSPS) is 27.8. The van der Waals surface area contributed by atoms with Crippen molar-refractivity contribution >= 4 is 6.29 Å². The van der Waals surface area contributed by atoms with Gasteiger partial charge >= 0.3 is 0 Å². The Balaban J connectivity index is 2.15. The zero-order valence-corrected chi connectivity index (χ0v) is 5.30. The Bertz CT molecular complexity index is 89.1. The van der Waals surface area contributed by atoms with Gasteiger partial charge in [0.1, 0.15) is 6.29 Å². The molecule has 1 aliphatic rings. The van der Waals surface area contributed by atoms with E-state index >= 15 is 0 Å². The van der Waals surface area contributed by atoms with E-state index in [1.807, 2.05) is 0 Å². The highest BCUT2D eigenvalue weighted by Crippen LogP contribution is 2.00. The van der Waals surface area contributed by atoms with Gasteiger partial charge in [0.05, 0.1) is 6.73 Å². The summed E-state index contributed by atoms with van der Waals surface area (Å²) in [5, 5.41) is 3.07. The topological polar surface area (TPSA) is 38.3 Å². The van der Waals surface area contributed by atoms with Crippen LogP contribution in [0.1, 0.15) is 12.8 Å². The molecule has 0 spiro atoms. The molecule has 1 N–H and O–H groups in total. The van der Waals surface area contributed by atoms with Crippen LogP contribution in [0.15, 0.2) is 0 Å². The molecule has 0 bridgehead atoms. The van der Waals surface area contributed by atoms with Gasteiger partial charge in [-0.15, -0.1) is 0 Å². The first kappa shape index (κ1) is 6.71. The molecular formula is C6H11NO2. The summed E-state index contributed by atoms with van der Waals surface area (Å²) in [5.41, 5.74) is 0. The van der Waals surface area contributed by atoms with E-state index in [9.17, 15) is 4.79 Å². The maximum Gasteiger partial charge on any atom is 0.121 e. The largest absolute Gasteiger partial charge is 0.366 e. The predicted octanol–water partition coefficient (Wildman–Crippen LogP) is -0.0886. The van der Waals surface area contributed by atoms with Crippen molar-refractivity contribution in [3.63, 3.8) is 0 Å². The third kappa shape index (κ3) is 2.11. The van der Waals surface area contributed by atoms with E-state index in [1.165, 1.54) is 0 Å². The Kier molecular flexibility index (Phi) is 2.67. The second-order valence-corrected chi connectivity index (χ2v) is 2.14. The molecule has 0 aromatic rings. The van der Waals surface area contributed by atoms with Gasteiger partial charge in [-0.3, -0.25) is 5.32 Å². The lowest BCUT2D eigenvalue weighted by molar-refractivity contribution is -0.108. The van der Waals surface area contributed by atoms with E-state index in [0.717, 1.165) is 19.3 Å². The molecule has 0 amide bonds. The van der Waals surface area contributed by atoms with Crippen LogP contribution in [0.25, 0.3) is 0 Å². The van der Waals surface area contributed by atoms with Crippen LogP contribution in [0.5, 0.6) is 0 Å². The number of aldehydes is 1. The van der Waals surface area contributed by atoms with E-state index in [1.54, 1.807) is 0 Å². The SMILES string of the molecule is O=CCC1CCOCN1. The van der Waals surface area contributed by atoms with Gasteiger partial charge in [-0.05, 0) is 6.42 Å². The van der Waals surface area contributed by atoms with E-state index in [-0.39, 0.29) is 0 Å². The maximum absolute atomic E-state index is 9.99. The van der Waals surface area contributed by atoms with Crippen molar-refractivity contribution in [2.45, 2.75) is 18.9 Å². The zero-order chi connectivity index (χ0) is 6.53. The van der Waals surface area contributed by atoms with Crippen molar-refractivity contribution in [3.05, 3.63) is 0 Å². The molecule has 3 nitrogen and oxygen atoms in total. The molecule has 1 atom stereocenters. The minimum atomic E-state index is 0.358. The highest BCUT2D eigenvalue weighted by Gasteiger charge is 2.10. The summed E-state index contributed by atoms with van der Waals surface area (Å²) in [4.78, 5) is 9.99. The molecular weight excluding hydrogens is 118 g/mol. The van der Waals surface area contributed by atoms with Gasteiger partial charge in [-0.2, -0.15) is 0 Å². The quantitative estimate of drug-likeness (QED) is 0.529. The minimum Gasteiger partial charge on any atom is -0.366 e. The van der Waals surface area contributed by atoms with Crippen LogP contribution in [0.4, 0.5) is 0 Å². The highest BCUT2D eigenvalue weighted by molar-refractivity contribution is 5.50. The monoisotopic (exact) mass is 129 g/mol. The third-order valence-corrected chi connectivity index (χ3v) is 1.47. The zero-order valence-electron chi connectivity index (χ0n) is 5.30. The predicted molar refractivity (Wildman–Crippen MR) is 33.0 cm³/mol. The second kappa shape index (κ2) is 3.58. The molecule has 3 heteroatoms. The summed E-state index contributed by atoms with van der Waals surface area (Å²) in [5.74, 6) is 0. The standard InChI is InChI=1S/C6H11NO2/c8-3-1-6-2-4-9-5-7-6/h3,6-7H,1-2,4-5H2. The van der Waals surface area contributed by atoms with Crippen LogP contribution in [0.3, 0.4) is 0 Å². The first-order valence-corrected chi connectivity index (χ1v) is 3.18. The number of nitrogens with one attached hydrogen (secondary N) is 1. The highest BCUT2D eigenvalue weighted by atomic mass is 16.5. The molecule has 0 aromatic carbocycles. The lowest BCUT2D eigenvalue weighted by Crippen LogP contribution is -2.37. The van der Waals surface area contributed by atoms with Crippen LogP contribution in [0.2, 0.25) is 0 Å². The van der Waals surface area contributed by atoms with Crippen LogP contribution in [0, 0.1) is 0 Å².